The number of hydrogen-bond acceptors (Lipinski definition) is 3. The monoisotopic (exact) mass is 296 g/mol. The van der Waals surface area contributed by atoms with Crippen molar-refractivity contribution in [2.45, 2.75) is 18.9 Å². The fraction of sp³-hybridized carbons (Fsp3) is 0.429. The number of aromatic carboxylic acids is 1. The van der Waals surface area contributed by atoms with Crippen LogP contribution in [0.4, 0.5) is 14.9 Å². The van der Waals surface area contributed by atoms with Crippen molar-refractivity contribution in [2.75, 3.05) is 25.6 Å². The lowest BCUT2D eigenvalue weighted by atomic mass is 10.2. The van der Waals surface area contributed by atoms with Gasteiger partial charge < -0.3 is 20.1 Å². The van der Waals surface area contributed by atoms with E-state index >= 15 is 0 Å². The molecule has 7 heteroatoms. The molecule has 0 bridgehead atoms. The van der Waals surface area contributed by atoms with Gasteiger partial charge in [0.2, 0.25) is 0 Å². The van der Waals surface area contributed by atoms with Crippen LogP contribution in [-0.4, -0.2) is 48.3 Å². The van der Waals surface area contributed by atoms with Gasteiger partial charge in [0.15, 0.2) is 0 Å². The summed E-state index contributed by atoms with van der Waals surface area (Å²) in [5.41, 5.74) is -0.218. The van der Waals surface area contributed by atoms with E-state index in [0.29, 0.717) is 13.2 Å². The predicted molar refractivity (Wildman–Crippen MR) is 74.0 cm³/mol. The van der Waals surface area contributed by atoms with Gasteiger partial charge in [-0.2, -0.15) is 0 Å². The first kappa shape index (κ1) is 15.2. The Bertz CT molecular complexity index is 546. The smallest absolute Gasteiger partial charge is 0.335 e. The molecule has 0 unspecified atom stereocenters. The molecule has 6 nitrogen and oxygen atoms in total. The second-order valence-electron chi connectivity index (χ2n) is 4.85. The van der Waals surface area contributed by atoms with Gasteiger partial charge in [-0.1, -0.05) is 0 Å². The van der Waals surface area contributed by atoms with Gasteiger partial charge in [-0.25, -0.2) is 14.0 Å². The molecule has 1 fully saturated rings. The Morgan fingerprint density at radius 2 is 2.19 bits per heavy atom. The van der Waals surface area contributed by atoms with Crippen molar-refractivity contribution in [1.29, 1.82) is 0 Å². The zero-order valence-electron chi connectivity index (χ0n) is 11.6. The van der Waals surface area contributed by atoms with E-state index in [2.05, 4.69) is 5.32 Å². The summed E-state index contributed by atoms with van der Waals surface area (Å²) in [5.74, 6) is -1.85. The average Bonchev–Trinajstić information content (AvgIpc) is 3.26. The number of methoxy groups -OCH3 is 1. The SMILES string of the molecule is COCCN(C(=O)Nc1cc(C(=O)O)ccc1F)C1CC1. The largest absolute Gasteiger partial charge is 0.478 e. The fourth-order valence-corrected chi connectivity index (χ4v) is 1.97. The second-order valence-corrected chi connectivity index (χ2v) is 4.85. The van der Waals surface area contributed by atoms with Gasteiger partial charge in [-0.05, 0) is 31.0 Å². The highest BCUT2D eigenvalue weighted by molar-refractivity contribution is 5.93. The van der Waals surface area contributed by atoms with Gasteiger partial charge in [0.1, 0.15) is 5.82 Å². The van der Waals surface area contributed by atoms with Crippen LogP contribution in [0.3, 0.4) is 0 Å². The van der Waals surface area contributed by atoms with Crippen LogP contribution in [0.25, 0.3) is 0 Å². The van der Waals surface area contributed by atoms with E-state index in [-0.39, 0.29) is 17.3 Å². The summed E-state index contributed by atoms with van der Waals surface area (Å²) < 4.78 is 18.6. The van der Waals surface area contributed by atoms with E-state index in [1.807, 2.05) is 0 Å². The van der Waals surface area contributed by atoms with Crippen LogP contribution in [0.2, 0.25) is 0 Å². The summed E-state index contributed by atoms with van der Waals surface area (Å²) in [4.78, 5) is 24.6. The number of hydrogen-bond donors (Lipinski definition) is 2. The number of carbonyl (C=O) groups is 2. The highest BCUT2D eigenvalue weighted by Gasteiger charge is 2.32. The summed E-state index contributed by atoms with van der Waals surface area (Å²) in [6, 6.07) is 2.98. The van der Waals surface area contributed by atoms with Gasteiger partial charge in [-0.3, -0.25) is 0 Å². The number of nitrogens with zero attached hydrogens (tertiary/aromatic N) is 1. The zero-order chi connectivity index (χ0) is 15.4. The number of urea groups is 1. The Kier molecular flexibility index (Phi) is 4.74. The molecule has 0 atom stereocenters. The van der Waals surface area contributed by atoms with Crippen LogP contribution in [0.15, 0.2) is 18.2 Å². The van der Waals surface area contributed by atoms with Crippen LogP contribution >= 0.6 is 0 Å². The summed E-state index contributed by atoms with van der Waals surface area (Å²) in [6.07, 6.45) is 1.82. The van der Waals surface area contributed by atoms with Gasteiger partial charge in [-0.15, -0.1) is 0 Å². The van der Waals surface area contributed by atoms with Gasteiger partial charge >= 0.3 is 12.0 Å². The molecule has 0 spiro atoms. The first-order valence-electron chi connectivity index (χ1n) is 6.62. The van der Waals surface area contributed by atoms with E-state index in [0.717, 1.165) is 31.0 Å². The maximum absolute atomic E-state index is 13.7. The Labute approximate surface area is 121 Å². The molecule has 2 rings (SSSR count). The lowest BCUT2D eigenvalue weighted by Gasteiger charge is -2.22. The molecule has 114 valence electrons. The Morgan fingerprint density at radius 3 is 2.76 bits per heavy atom. The molecule has 0 radical (unpaired) electrons. The molecule has 1 aromatic carbocycles. The highest BCUT2D eigenvalue weighted by atomic mass is 19.1. The summed E-state index contributed by atoms with van der Waals surface area (Å²) in [7, 11) is 1.54. The molecule has 1 saturated carbocycles. The van der Waals surface area contributed by atoms with Crippen LogP contribution < -0.4 is 5.32 Å². The number of benzene rings is 1. The number of carboxylic acids is 1. The van der Waals surface area contributed by atoms with E-state index in [9.17, 15) is 14.0 Å². The second kappa shape index (κ2) is 6.53. The van der Waals surface area contributed by atoms with Crippen LogP contribution in [0.5, 0.6) is 0 Å². The maximum Gasteiger partial charge on any atom is 0.335 e. The molecule has 21 heavy (non-hydrogen) atoms. The third kappa shape index (κ3) is 3.91. The molecule has 2 amide bonds. The normalized spacial score (nSPS) is 13.8. The maximum atomic E-state index is 13.7. The van der Waals surface area contributed by atoms with Gasteiger partial charge in [0.25, 0.3) is 0 Å². The first-order valence-corrected chi connectivity index (χ1v) is 6.62. The molecule has 0 aliphatic heterocycles. The van der Waals surface area contributed by atoms with Gasteiger partial charge in [0, 0.05) is 19.7 Å². The van der Waals surface area contributed by atoms with E-state index in [1.165, 1.54) is 0 Å². The molecule has 1 aliphatic carbocycles. The minimum absolute atomic E-state index is 0.0819. The Morgan fingerprint density at radius 1 is 1.48 bits per heavy atom. The molecule has 0 saturated heterocycles. The van der Waals surface area contributed by atoms with E-state index in [4.69, 9.17) is 9.84 Å². The highest BCUT2D eigenvalue weighted by Crippen LogP contribution is 2.27. The lowest BCUT2D eigenvalue weighted by molar-refractivity contribution is 0.0697. The number of carbonyl (C=O) groups excluding carboxylic acids is 1. The lowest BCUT2D eigenvalue weighted by Crippen LogP contribution is -2.39. The number of ether oxygens (including phenoxy) is 1. The molecule has 0 heterocycles. The summed E-state index contributed by atoms with van der Waals surface area (Å²) in [5, 5.41) is 11.3. The van der Waals surface area contributed by atoms with Crippen molar-refractivity contribution in [1.82, 2.24) is 4.90 Å². The number of anilines is 1. The molecular weight excluding hydrogens is 279 g/mol. The van der Waals surface area contributed by atoms with E-state index < -0.39 is 17.8 Å². The van der Waals surface area contributed by atoms with Crippen LogP contribution in [0.1, 0.15) is 23.2 Å². The number of nitrogens with one attached hydrogen (secondary N) is 1. The van der Waals surface area contributed by atoms with Crippen LogP contribution in [0, 0.1) is 5.82 Å². The van der Waals surface area contributed by atoms with Crippen molar-refractivity contribution in [2.24, 2.45) is 0 Å². The zero-order valence-corrected chi connectivity index (χ0v) is 11.6. The number of halogens is 1. The first-order chi connectivity index (χ1) is 10.0. The van der Waals surface area contributed by atoms with Crippen molar-refractivity contribution in [3.63, 3.8) is 0 Å². The average molecular weight is 296 g/mol. The fourth-order valence-electron chi connectivity index (χ4n) is 1.97. The van der Waals surface area contributed by atoms with Gasteiger partial charge in [0.05, 0.1) is 17.9 Å². The minimum atomic E-state index is -1.18. The summed E-state index contributed by atoms with van der Waals surface area (Å²) in [6.45, 7) is 0.800. The topological polar surface area (TPSA) is 78.9 Å². The quantitative estimate of drug-likeness (QED) is 0.843. The number of rotatable bonds is 6. The van der Waals surface area contributed by atoms with E-state index in [1.54, 1.807) is 12.0 Å². The Balaban J connectivity index is 2.10. The third-order valence-corrected chi connectivity index (χ3v) is 3.24. The summed E-state index contributed by atoms with van der Waals surface area (Å²) >= 11 is 0. The van der Waals surface area contributed by atoms with Crippen molar-refractivity contribution in [3.05, 3.63) is 29.6 Å². The molecular formula is C14H17FN2O4. The number of amides is 2. The van der Waals surface area contributed by atoms with Crippen molar-refractivity contribution in [3.8, 4) is 0 Å². The molecule has 1 aromatic rings. The standard InChI is InChI=1S/C14H17FN2O4/c1-21-7-6-17(10-3-4-10)14(20)16-12-8-9(13(18)19)2-5-11(12)15/h2,5,8,10H,3-4,6-7H2,1H3,(H,16,20)(H,18,19). The molecule has 2 N–H and O–H groups in total. The van der Waals surface area contributed by atoms with Crippen LogP contribution in [-0.2, 0) is 4.74 Å². The third-order valence-electron chi connectivity index (χ3n) is 3.24. The minimum Gasteiger partial charge on any atom is -0.478 e. The molecule has 0 aromatic heterocycles. The van der Waals surface area contributed by atoms with Crippen molar-refractivity contribution < 1.29 is 23.8 Å². The van der Waals surface area contributed by atoms with Crippen molar-refractivity contribution >= 4 is 17.7 Å². The predicted octanol–water partition coefficient (Wildman–Crippen LogP) is 2.17. The molecule has 1 aliphatic rings. The Hall–Kier alpha value is -2.15. The number of carboxylic acid groups (broad SMARTS) is 1.